The van der Waals surface area contributed by atoms with E-state index in [1.807, 2.05) is 6.07 Å². The molecule has 2 aromatic heterocycles. The number of halogens is 2. The van der Waals surface area contributed by atoms with Gasteiger partial charge in [0.05, 0.1) is 10.9 Å². The van der Waals surface area contributed by atoms with Crippen LogP contribution in [-0.2, 0) is 0 Å². The summed E-state index contributed by atoms with van der Waals surface area (Å²) in [5.41, 5.74) is 5.96. The molecule has 0 amide bonds. The number of hydrogen-bond donors (Lipinski definition) is 2. The molecule has 3 aromatic rings. The number of rotatable bonds is 2. The van der Waals surface area contributed by atoms with Crippen molar-refractivity contribution in [3.05, 3.63) is 47.8 Å². The third-order valence-electron chi connectivity index (χ3n) is 2.89. The first kappa shape index (κ1) is 12.9. The Hall–Kier alpha value is -3.14. The van der Waals surface area contributed by atoms with Gasteiger partial charge in [-0.1, -0.05) is 0 Å². The van der Waals surface area contributed by atoms with Crippen molar-refractivity contribution in [2.45, 2.75) is 0 Å². The fourth-order valence-corrected chi connectivity index (χ4v) is 1.99. The van der Waals surface area contributed by atoms with Gasteiger partial charge in [-0.25, -0.2) is 13.8 Å². The van der Waals surface area contributed by atoms with Gasteiger partial charge in [-0.3, -0.25) is 0 Å². The highest BCUT2D eigenvalue weighted by atomic mass is 19.1. The maximum Gasteiger partial charge on any atom is 0.198 e. The zero-order chi connectivity index (χ0) is 15.0. The lowest BCUT2D eigenvalue weighted by Gasteiger charge is -2.09. The number of aromatic nitrogens is 2. The van der Waals surface area contributed by atoms with Gasteiger partial charge in [-0.15, -0.1) is 0 Å². The largest absolute Gasteiger partial charge is 0.450 e. The van der Waals surface area contributed by atoms with Crippen LogP contribution in [0.3, 0.4) is 0 Å². The highest BCUT2D eigenvalue weighted by Crippen LogP contribution is 2.34. The lowest BCUT2D eigenvalue weighted by molar-refractivity contribution is 0.411. The summed E-state index contributed by atoms with van der Waals surface area (Å²) in [5, 5.41) is 9.40. The van der Waals surface area contributed by atoms with Crippen molar-refractivity contribution in [3.63, 3.8) is 0 Å². The van der Waals surface area contributed by atoms with Gasteiger partial charge in [-0.05, 0) is 6.07 Å². The molecule has 0 bridgehead atoms. The van der Waals surface area contributed by atoms with Crippen LogP contribution in [0.25, 0.3) is 11.0 Å². The predicted octanol–water partition coefficient (Wildman–Crippen LogP) is 3.09. The average Bonchev–Trinajstić information content (AvgIpc) is 2.86. The molecule has 0 saturated heterocycles. The summed E-state index contributed by atoms with van der Waals surface area (Å²) < 4.78 is 32.8. The van der Waals surface area contributed by atoms with Gasteiger partial charge in [0, 0.05) is 30.2 Å². The lowest BCUT2D eigenvalue weighted by atomic mass is 10.2. The summed E-state index contributed by atoms with van der Waals surface area (Å²) in [5.74, 6) is -2.31. The Morgan fingerprint density at radius 1 is 1.29 bits per heavy atom. The Morgan fingerprint density at radius 2 is 2.00 bits per heavy atom. The van der Waals surface area contributed by atoms with E-state index in [1.54, 1.807) is 0 Å². The third-order valence-corrected chi connectivity index (χ3v) is 2.89. The van der Waals surface area contributed by atoms with Crippen molar-refractivity contribution >= 4 is 16.7 Å². The number of nitrogens with one attached hydrogen (secondary N) is 1. The van der Waals surface area contributed by atoms with Gasteiger partial charge in [-0.2, -0.15) is 5.26 Å². The molecule has 7 heteroatoms. The molecule has 0 fully saturated rings. The Labute approximate surface area is 117 Å². The standard InChI is InChI=1S/C14H8F2N4O/c15-9-3-8(18)4-10(16)13(9)21-11-1-2-19-14-12(11)7(5-17)6-20-14/h1-4,6H,18H2,(H,19,20). The first-order chi connectivity index (χ1) is 10.1. The Kier molecular flexibility index (Phi) is 2.92. The van der Waals surface area contributed by atoms with E-state index < -0.39 is 17.4 Å². The van der Waals surface area contributed by atoms with E-state index in [2.05, 4.69) is 9.97 Å². The van der Waals surface area contributed by atoms with Crippen LogP contribution in [0.2, 0.25) is 0 Å². The summed E-state index contributed by atoms with van der Waals surface area (Å²) in [4.78, 5) is 6.80. The molecule has 0 saturated carbocycles. The predicted molar refractivity (Wildman–Crippen MR) is 71.7 cm³/mol. The van der Waals surface area contributed by atoms with E-state index >= 15 is 0 Å². The second-order valence-corrected chi connectivity index (χ2v) is 4.26. The van der Waals surface area contributed by atoms with Crippen LogP contribution in [0.4, 0.5) is 14.5 Å². The minimum atomic E-state index is -0.925. The van der Waals surface area contributed by atoms with Gasteiger partial charge in [0.25, 0.3) is 0 Å². The second kappa shape index (κ2) is 4.76. The Balaban J connectivity index is 2.15. The van der Waals surface area contributed by atoms with Gasteiger partial charge in [0.2, 0.25) is 0 Å². The number of hydrogen-bond acceptors (Lipinski definition) is 4. The van der Waals surface area contributed by atoms with Gasteiger partial charge >= 0.3 is 0 Å². The fourth-order valence-electron chi connectivity index (χ4n) is 1.99. The molecule has 0 spiro atoms. The number of nitriles is 1. The van der Waals surface area contributed by atoms with Crippen LogP contribution in [-0.4, -0.2) is 9.97 Å². The summed E-state index contributed by atoms with van der Waals surface area (Å²) >= 11 is 0. The highest BCUT2D eigenvalue weighted by Gasteiger charge is 2.16. The van der Waals surface area contributed by atoms with Crippen molar-refractivity contribution in [2.75, 3.05) is 5.73 Å². The summed E-state index contributed by atoms with van der Waals surface area (Å²) in [6.45, 7) is 0. The number of H-pyrrole nitrogens is 1. The number of pyridine rings is 1. The van der Waals surface area contributed by atoms with Crippen molar-refractivity contribution in [1.82, 2.24) is 9.97 Å². The summed E-state index contributed by atoms with van der Waals surface area (Å²) in [6.07, 6.45) is 2.85. The van der Waals surface area contributed by atoms with Gasteiger partial charge < -0.3 is 15.5 Å². The van der Waals surface area contributed by atoms with Crippen LogP contribution in [0.1, 0.15) is 5.56 Å². The summed E-state index contributed by atoms with van der Waals surface area (Å²) in [6, 6.07) is 5.29. The van der Waals surface area contributed by atoms with E-state index in [0.29, 0.717) is 11.0 Å². The van der Waals surface area contributed by atoms with Crippen molar-refractivity contribution in [3.8, 4) is 17.6 Å². The molecule has 0 atom stereocenters. The molecular formula is C14H8F2N4O. The molecule has 0 radical (unpaired) electrons. The smallest absolute Gasteiger partial charge is 0.198 e. The molecule has 0 aliphatic rings. The van der Waals surface area contributed by atoms with Crippen LogP contribution in [0.5, 0.6) is 11.5 Å². The van der Waals surface area contributed by atoms with Crippen LogP contribution >= 0.6 is 0 Å². The zero-order valence-corrected chi connectivity index (χ0v) is 10.5. The van der Waals surface area contributed by atoms with Gasteiger partial charge in [0.15, 0.2) is 17.4 Å². The first-order valence-electron chi connectivity index (χ1n) is 5.88. The molecule has 3 rings (SSSR count). The number of nitrogens with zero attached hydrogens (tertiary/aromatic N) is 2. The monoisotopic (exact) mass is 286 g/mol. The Morgan fingerprint density at radius 3 is 2.67 bits per heavy atom. The number of nitrogen functional groups attached to an aromatic ring is 1. The molecule has 5 nitrogen and oxygen atoms in total. The Bertz CT molecular complexity index is 859. The number of anilines is 1. The molecule has 21 heavy (non-hydrogen) atoms. The second-order valence-electron chi connectivity index (χ2n) is 4.26. The van der Waals surface area contributed by atoms with Crippen molar-refractivity contribution < 1.29 is 13.5 Å². The average molecular weight is 286 g/mol. The molecular weight excluding hydrogens is 278 g/mol. The lowest BCUT2D eigenvalue weighted by Crippen LogP contribution is -1.96. The van der Waals surface area contributed by atoms with E-state index in [-0.39, 0.29) is 17.0 Å². The molecule has 0 aliphatic carbocycles. The van der Waals surface area contributed by atoms with Crippen LogP contribution in [0.15, 0.2) is 30.6 Å². The zero-order valence-electron chi connectivity index (χ0n) is 10.5. The number of fused-ring (bicyclic) bond motifs is 1. The number of aromatic amines is 1. The quantitative estimate of drug-likeness (QED) is 0.708. The molecule has 0 unspecified atom stereocenters. The van der Waals surface area contributed by atoms with Crippen molar-refractivity contribution in [1.29, 1.82) is 5.26 Å². The van der Waals surface area contributed by atoms with Gasteiger partial charge in [0.1, 0.15) is 17.5 Å². The summed E-state index contributed by atoms with van der Waals surface area (Å²) in [7, 11) is 0. The molecule has 0 aliphatic heterocycles. The maximum absolute atomic E-state index is 13.8. The normalized spacial score (nSPS) is 10.5. The first-order valence-corrected chi connectivity index (χ1v) is 5.88. The third kappa shape index (κ3) is 2.12. The maximum atomic E-state index is 13.8. The molecule has 3 N–H and O–H groups in total. The number of nitrogens with two attached hydrogens (primary N) is 1. The van der Waals surface area contributed by atoms with E-state index in [1.165, 1.54) is 18.5 Å². The molecule has 2 heterocycles. The van der Waals surface area contributed by atoms with Crippen LogP contribution in [0, 0.1) is 23.0 Å². The molecule has 104 valence electrons. The number of ether oxygens (including phenoxy) is 1. The van der Waals surface area contributed by atoms with E-state index in [9.17, 15) is 8.78 Å². The van der Waals surface area contributed by atoms with Crippen molar-refractivity contribution in [2.24, 2.45) is 0 Å². The minimum absolute atomic E-state index is 0.0448. The van der Waals surface area contributed by atoms with E-state index in [0.717, 1.165) is 12.1 Å². The van der Waals surface area contributed by atoms with E-state index in [4.69, 9.17) is 15.7 Å². The minimum Gasteiger partial charge on any atom is -0.450 e. The van der Waals surface area contributed by atoms with Crippen LogP contribution < -0.4 is 10.5 Å². The molecule has 1 aromatic carbocycles. The number of benzene rings is 1. The SMILES string of the molecule is N#Cc1c[nH]c2nccc(Oc3c(F)cc(N)cc3F)c12. The highest BCUT2D eigenvalue weighted by molar-refractivity contribution is 5.88. The topological polar surface area (TPSA) is 87.7 Å². The fraction of sp³-hybridized carbons (Fsp3) is 0.